The summed E-state index contributed by atoms with van der Waals surface area (Å²) in [5.41, 5.74) is -0.377. The lowest BCUT2D eigenvalue weighted by atomic mass is 10.1. The van der Waals surface area contributed by atoms with Crippen molar-refractivity contribution in [2.45, 2.75) is 29.4 Å². The molecule has 0 spiro atoms. The van der Waals surface area contributed by atoms with Crippen molar-refractivity contribution in [3.05, 3.63) is 70.5 Å². The van der Waals surface area contributed by atoms with Crippen LogP contribution in [0.15, 0.2) is 47.4 Å². The number of halogens is 4. The summed E-state index contributed by atoms with van der Waals surface area (Å²) in [4.78, 5) is 12.2. The highest BCUT2D eigenvalue weighted by Crippen LogP contribution is 2.31. The third-order valence-electron chi connectivity index (χ3n) is 4.40. The third kappa shape index (κ3) is 4.07. The molecule has 0 fully saturated rings. The fraction of sp³-hybridized carbons (Fsp3) is 0.211. The van der Waals surface area contributed by atoms with Crippen molar-refractivity contribution < 1.29 is 26.4 Å². The van der Waals surface area contributed by atoms with Crippen LogP contribution in [-0.2, 0) is 9.84 Å². The van der Waals surface area contributed by atoms with Crippen LogP contribution in [0.1, 0.15) is 29.6 Å². The molecular weight excluding hydrogens is 415 g/mol. The van der Waals surface area contributed by atoms with Gasteiger partial charge < -0.3 is 5.32 Å². The number of rotatable bonds is 4. The number of sulfone groups is 1. The molecule has 1 amide bonds. The molecule has 2 aromatic rings. The van der Waals surface area contributed by atoms with Crippen LogP contribution in [0.4, 0.5) is 18.9 Å². The maximum atomic E-state index is 13.3. The Bertz CT molecular complexity index is 1050. The van der Waals surface area contributed by atoms with Gasteiger partial charge in [-0.1, -0.05) is 23.8 Å². The summed E-state index contributed by atoms with van der Waals surface area (Å²) in [6.45, 7) is 0. The van der Waals surface area contributed by atoms with E-state index in [0.29, 0.717) is 31.4 Å². The molecule has 0 aliphatic heterocycles. The molecule has 0 saturated carbocycles. The molecule has 9 heteroatoms. The maximum Gasteiger partial charge on any atom is 0.255 e. The Labute approximate surface area is 164 Å². The van der Waals surface area contributed by atoms with Gasteiger partial charge in [0, 0.05) is 23.4 Å². The summed E-state index contributed by atoms with van der Waals surface area (Å²) in [7, 11) is -3.77. The molecule has 1 atom stereocenters. The molecule has 4 nitrogen and oxygen atoms in total. The Morgan fingerprint density at radius 3 is 2.36 bits per heavy atom. The molecule has 1 aliphatic carbocycles. The molecule has 2 aromatic carbocycles. The first kappa shape index (κ1) is 20.4. The molecule has 3 rings (SSSR count). The number of carbonyl (C=O) groups is 1. The van der Waals surface area contributed by atoms with Crippen molar-refractivity contribution in [1.29, 1.82) is 0 Å². The van der Waals surface area contributed by atoms with Crippen molar-refractivity contribution >= 4 is 33.0 Å². The van der Waals surface area contributed by atoms with Crippen LogP contribution in [0.25, 0.3) is 0 Å². The first-order chi connectivity index (χ1) is 13.2. The normalized spacial score (nSPS) is 16.8. The van der Waals surface area contributed by atoms with Crippen LogP contribution >= 0.6 is 11.6 Å². The van der Waals surface area contributed by atoms with E-state index < -0.39 is 38.4 Å². The number of hydrogen-bond donors (Lipinski definition) is 1. The van der Waals surface area contributed by atoms with Crippen molar-refractivity contribution in [2.75, 3.05) is 5.32 Å². The number of nitrogens with one attached hydrogen (secondary N) is 1. The second-order valence-electron chi connectivity index (χ2n) is 6.30. The van der Waals surface area contributed by atoms with E-state index in [1.165, 1.54) is 12.1 Å². The van der Waals surface area contributed by atoms with Crippen LogP contribution < -0.4 is 5.32 Å². The quantitative estimate of drug-likeness (QED) is 0.556. The zero-order chi connectivity index (χ0) is 20.5. The molecule has 148 valence electrons. The molecule has 0 heterocycles. The fourth-order valence-corrected chi connectivity index (χ4v) is 5.16. The Morgan fingerprint density at radius 1 is 1.07 bits per heavy atom. The Morgan fingerprint density at radius 2 is 1.75 bits per heavy atom. The minimum atomic E-state index is -3.77. The average molecular weight is 430 g/mol. The monoisotopic (exact) mass is 429 g/mol. The van der Waals surface area contributed by atoms with E-state index >= 15 is 0 Å². The van der Waals surface area contributed by atoms with E-state index in [2.05, 4.69) is 5.32 Å². The van der Waals surface area contributed by atoms with E-state index in [4.69, 9.17) is 11.6 Å². The molecular formula is C19H15ClF3NO3S. The first-order valence-electron chi connectivity index (χ1n) is 8.34. The van der Waals surface area contributed by atoms with Gasteiger partial charge in [-0.2, -0.15) is 0 Å². The van der Waals surface area contributed by atoms with Crippen LogP contribution in [0.2, 0.25) is 5.02 Å². The Kier molecular flexibility index (Phi) is 5.81. The zero-order valence-electron chi connectivity index (χ0n) is 14.4. The SMILES string of the molecule is O=C(Nc1cc(F)c(F)c(F)c1)c1ccc(Cl)c(S(=O)(=O)C2CC=CCC2)c1. The van der Waals surface area contributed by atoms with Gasteiger partial charge in [0.15, 0.2) is 27.3 Å². The summed E-state index contributed by atoms with van der Waals surface area (Å²) < 4.78 is 65.4. The van der Waals surface area contributed by atoms with E-state index in [1.54, 1.807) is 6.08 Å². The van der Waals surface area contributed by atoms with Gasteiger partial charge in [0.2, 0.25) is 0 Å². The van der Waals surface area contributed by atoms with Gasteiger partial charge in [0.1, 0.15) is 0 Å². The smallest absolute Gasteiger partial charge is 0.255 e. The molecule has 0 radical (unpaired) electrons. The van der Waals surface area contributed by atoms with Crippen molar-refractivity contribution in [2.24, 2.45) is 0 Å². The lowest BCUT2D eigenvalue weighted by Crippen LogP contribution is -2.23. The minimum Gasteiger partial charge on any atom is -0.322 e. The number of allylic oxidation sites excluding steroid dienone is 2. The Hall–Kier alpha value is -2.32. The number of amides is 1. The average Bonchev–Trinajstić information content (AvgIpc) is 2.67. The van der Waals surface area contributed by atoms with Crippen LogP contribution in [-0.4, -0.2) is 19.6 Å². The van der Waals surface area contributed by atoms with Gasteiger partial charge in [-0.15, -0.1) is 0 Å². The number of anilines is 1. The lowest BCUT2D eigenvalue weighted by Gasteiger charge is -2.19. The standard InChI is InChI=1S/C19H15ClF3NO3S/c20-14-7-6-11(8-17(14)28(26,27)13-4-2-1-3-5-13)19(25)24-12-9-15(21)18(23)16(22)10-12/h1-2,6-10,13H,3-5H2,(H,24,25). The number of carbonyl (C=O) groups excluding carboxylic acids is 1. The summed E-state index contributed by atoms with van der Waals surface area (Å²) in [6.07, 6.45) is 5.11. The highest BCUT2D eigenvalue weighted by Gasteiger charge is 2.30. The number of benzene rings is 2. The van der Waals surface area contributed by atoms with Crippen LogP contribution in [0.5, 0.6) is 0 Å². The van der Waals surface area contributed by atoms with Gasteiger partial charge in [-0.05, 0) is 37.5 Å². The largest absolute Gasteiger partial charge is 0.322 e. The third-order valence-corrected chi connectivity index (χ3v) is 7.10. The molecule has 1 unspecified atom stereocenters. The van der Waals surface area contributed by atoms with Crippen LogP contribution in [0.3, 0.4) is 0 Å². The zero-order valence-corrected chi connectivity index (χ0v) is 16.0. The fourth-order valence-electron chi connectivity index (χ4n) is 2.92. The van der Waals surface area contributed by atoms with Crippen molar-refractivity contribution in [1.82, 2.24) is 0 Å². The summed E-state index contributed by atoms with van der Waals surface area (Å²) in [5.74, 6) is -5.39. The topological polar surface area (TPSA) is 63.2 Å². The molecule has 1 N–H and O–H groups in total. The maximum absolute atomic E-state index is 13.3. The highest BCUT2D eigenvalue weighted by atomic mass is 35.5. The first-order valence-corrected chi connectivity index (χ1v) is 10.3. The van der Waals surface area contributed by atoms with Crippen LogP contribution in [0, 0.1) is 17.5 Å². The second-order valence-corrected chi connectivity index (χ2v) is 8.91. The van der Waals surface area contributed by atoms with E-state index in [-0.39, 0.29) is 21.2 Å². The van der Waals surface area contributed by atoms with E-state index in [9.17, 15) is 26.4 Å². The summed E-state index contributed by atoms with van der Waals surface area (Å²) in [5, 5.41) is 1.54. The van der Waals surface area contributed by atoms with Crippen molar-refractivity contribution in [3.63, 3.8) is 0 Å². The lowest BCUT2D eigenvalue weighted by molar-refractivity contribution is 0.102. The molecule has 0 saturated heterocycles. The minimum absolute atomic E-state index is 0.0232. The molecule has 28 heavy (non-hydrogen) atoms. The molecule has 0 bridgehead atoms. The van der Waals surface area contributed by atoms with Gasteiger partial charge in [0.25, 0.3) is 5.91 Å². The number of hydrogen-bond acceptors (Lipinski definition) is 3. The van der Waals surface area contributed by atoms with E-state index in [0.717, 1.165) is 6.07 Å². The summed E-state index contributed by atoms with van der Waals surface area (Å²) in [6, 6.07) is 4.93. The highest BCUT2D eigenvalue weighted by molar-refractivity contribution is 7.92. The van der Waals surface area contributed by atoms with E-state index in [1.807, 2.05) is 6.08 Å². The predicted molar refractivity (Wildman–Crippen MR) is 99.7 cm³/mol. The van der Waals surface area contributed by atoms with Gasteiger partial charge in [-0.25, -0.2) is 21.6 Å². The van der Waals surface area contributed by atoms with Gasteiger partial charge in [-0.3, -0.25) is 4.79 Å². The van der Waals surface area contributed by atoms with Gasteiger partial charge in [0.05, 0.1) is 15.2 Å². The Balaban J connectivity index is 1.90. The van der Waals surface area contributed by atoms with Gasteiger partial charge >= 0.3 is 0 Å². The molecule has 1 aliphatic rings. The molecule has 0 aromatic heterocycles. The summed E-state index contributed by atoms with van der Waals surface area (Å²) >= 11 is 6.05. The predicted octanol–water partition coefficient (Wildman–Crippen LogP) is 4.89. The van der Waals surface area contributed by atoms with Crippen molar-refractivity contribution in [3.8, 4) is 0 Å². The second kappa shape index (κ2) is 7.97.